The summed E-state index contributed by atoms with van der Waals surface area (Å²) in [6.45, 7) is 6.42. The van der Waals surface area contributed by atoms with Crippen LogP contribution in [0.1, 0.15) is 27.0 Å². The highest BCUT2D eigenvalue weighted by Crippen LogP contribution is 2.18. The van der Waals surface area contributed by atoms with Crippen LogP contribution < -0.4 is 0 Å². The Morgan fingerprint density at radius 3 is 2.57 bits per heavy atom. The summed E-state index contributed by atoms with van der Waals surface area (Å²) < 4.78 is 1.91. The Bertz CT molecular complexity index is 830. The van der Waals surface area contributed by atoms with Crippen molar-refractivity contribution in [2.75, 3.05) is 0 Å². The fourth-order valence-electron chi connectivity index (χ4n) is 2.64. The van der Waals surface area contributed by atoms with E-state index in [0.29, 0.717) is 6.54 Å². The molecule has 0 aliphatic carbocycles. The van der Waals surface area contributed by atoms with Gasteiger partial charge < -0.3 is 4.57 Å². The second-order valence-corrected chi connectivity index (χ2v) is 5.54. The lowest BCUT2D eigenvalue weighted by molar-refractivity contribution is 0.0972. The quantitative estimate of drug-likeness (QED) is 0.682. The molecule has 0 spiro atoms. The van der Waals surface area contributed by atoms with Crippen LogP contribution in [0.25, 0.3) is 11.0 Å². The molecule has 3 nitrogen and oxygen atoms in total. The molecule has 0 aliphatic rings. The van der Waals surface area contributed by atoms with Crippen molar-refractivity contribution in [3.63, 3.8) is 0 Å². The van der Waals surface area contributed by atoms with Crippen LogP contribution in [0.2, 0.25) is 0 Å². The molecule has 1 heterocycles. The smallest absolute Gasteiger partial charge is 0.182 e. The Kier molecular flexibility index (Phi) is 3.34. The summed E-state index contributed by atoms with van der Waals surface area (Å²) in [5.74, 6) is 0.124. The van der Waals surface area contributed by atoms with Gasteiger partial charge in [0.05, 0.1) is 23.9 Å². The standard InChI is InChI=1S/C18H18N2O/c1-12-8-14(3)15(9-13(12)2)18(21)10-20-11-19-16-6-4-5-7-17(16)20/h4-9,11H,10H2,1-3H3. The number of aromatic nitrogens is 2. The predicted octanol–water partition coefficient (Wildman–Crippen LogP) is 3.84. The Morgan fingerprint density at radius 1 is 1.05 bits per heavy atom. The van der Waals surface area contributed by atoms with Crippen molar-refractivity contribution in [1.29, 1.82) is 0 Å². The van der Waals surface area contributed by atoms with Crippen LogP contribution in [-0.4, -0.2) is 15.3 Å². The first-order chi connectivity index (χ1) is 10.1. The molecular weight excluding hydrogens is 260 g/mol. The number of para-hydroxylation sites is 2. The van der Waals surface area contributed by atoms with E-state index in [0.717, 1.165) is 27.7 Å². The number of carbonyl (C=O) groups is 1. The highest BCUT2D eigenvalue weighted by atomic mass is 16.1. The number of nitrogens with zero attached hydrogens (tertiary/aromatic N) is 2. The number of ketones is 1. The van der Waals surface area contributed by atoms with E-state index in [1.807, 2.05) is 48.7 Å². The summed E-state index contributed by atoms with van der Waals surface area (Å²) in [5.41, 5.74) is 6.12. The minimum Gasteiger partial charge on any atom is -0.323 e. The second kappa shape index (κ2) is 5.17. The maximum Gasteiger partial charge on any atom is 0.182 e. The average Bonchev–Trinajstić information content (AvgIpc) is 2.86. The monoisotopic (exact) mass is 278 g/mol. The van der Waals surface area contributed by atoms with Crippen LogP contribution in [0.15, 0.2) is 42.7 Å². The lowest BCUT2D eigenvalue weighted by atomic mass is 9.98. The van der Waals surface area contributed by atoms with Crippen molar-refractivity contribution in [3.05, 3.63) is 65.0 Å². The molecule has 0 saturated heterocycles. The van der Waals surface area contributed by atoms with Gasteiger partial charge in [0.15, 0.2) is 5.78 Å². The van der Waals surface area contributed by atoms with E-state index in [1.165, 1.54) is 5.56 Å². The van der Waals surface area contributed by atoms with E-state index in [1.54, 1.807) is 6.33 Å². The highest BCUT2D eigenvalue weighted by Gasteiger charge is 2.13. The summed E-state index contributed by atoms with van der Waals surface area (Å²) >= 11 is 0. The van der Waals surface area contributed by atoms with Gasteiger partial charge >= 0.3 is 0 Å². The molecule has 2 aromatic carbocycles. The number of imidazole rings is 1. The Hall–Kier alpha value is -2.42. The van der Waals surface area contributed by atoms with Crippen molar-refractivity contribution >= 4 is 16.8 Å². The van der Waals surface area contributed by atoms with Gasteiger partial charge in [-0.3, -0.25) is 4.79 Å². The Morgan fingerprint density at radius 2 is 1.76 bits per heavy atom. The Balaban J connectivity index is 1.95. The summed E-state index contributed by atoms with van der Waals surface area (Å²) in [7, 11) is 0. The highest BCUT2D eigenvalue weighted by molar-refractivity contribution is 5.98. The van der Waals surface area contributed by atoms with E-state index in [2.05, 4.69) is 18.0 Å². The molecule has 3 heteroatoms. The number of benzene rings is 2. The lowest BCUT2D eigenvalue weighted by Gasteiger charge is -2.10. The van der Waals surface area contributed by atoms with Gasteiger partial charge in [-0.2, -0.15) is 0 Å². The van der Waals surface area contributed by atoms with Crippen molar-refractivity contribution in [1.82, 2.24) is 9.55 Å². The zero-order chi connectivity index (χ0) is 15.0. The number of fused-ring (bicyclic) bond motifs is 1. The van der Waals surface area contributed by atoms with E-state index in [-0.39, 0.29) is 5.78 Å². The number of hydrogen-bond donors (Lipinski definition) is 0. The summed E-state index contributed by atoms with van der Waals surface area (Å²) in [6, 6.07) is 11.9. The minimum absolute atomic E-state index is 0.124. The normalized spacial score (nSPS) is 11.0. The van der Waals surface area contributed by atoms with E-state index in [9.17, 15) is 4.79 Å². The van der Waals surface area contributed by atoms with Crippen LogP contribution in [0.3, 0.4) is 0 Å². The molecule has 3 aromatic rings. The third-order valence-electron chi connectivity index (χ3n) is 3.98. The minimum atomic E-state index is 0.124. The van der Waals surface area contributed by atoms with Crippen LogP contribution in [-0.2, 0) is 6.54 Å². The first-order valence-corrected chi connectivity index (χ1v) is 7.07. The van der Waals surface area contributed by atoms with Crippen molar-refractivity contribution in [3.8, 4) is 0 Å². The van der Waals surface area contributed by atoms with Gasteiger partial charge in [0.2, 0.25) is 0 Å². The first-order valence-electron chi connectivity index (χ1n) is 7.07. The summed E-state index contributed by atoms with van der Waals surface area (Å²) in [5, 5.41) is 0. The molecule has 0 unspecified atom stereocenters. The zero-order valence-electron chi connectivity index (χ0n) is 12.6. The van der Waals surface area contributed by atoms with Crippen molar-refractivity contribution < 1.29 is 4.79 Å². The first kappa shape index (κ1) is 13.6. The molecule has 106 valence electrons. The molecule has 0 fully saturated rings. The molecule has 21 heavy (non-hydrogen) atoms. The van der Waals surface area contributed by atoms with Crippen LogP contribution in [0.4, 0.5) is 0 Å². The molecule has 0 saturated carbocycles. The molecule has 3 rings (SSSR count). The molecule has 0 N–H and O–H groups in total. The summed E-state index contributed by atoms with van der Waals surface area (Å²) in [6.07, 6.45) is 1.74. The van der Waals surface area contributed by atoms with Crippen molar-refractivity contribution in [2.24, 2.45) is 0 Å². The number of hydrogen-bond acceptors (Lipinski definition) is 2. The maximum absolute atomic E-state index is 12.6. The number of rotatable bonds is 3. The fraction of sp³-hybridized carbons (Fsp3) is 0.222. The van der Waals surface area contributed by atoms with E-state index >= 15 is 0 Å². The molecule has 1 aromatic heterocycles. The van der Waals surface area contributed by atoms with Gasteiger partial charge in [0, 0.05) is 5.56 Å². The second-order valence-electron chi connectivity index (χ2n) is 5.54. The number of carbonyl (C=O) groups excluding carboxylic acids is 1. The molecule has 0 bridgehead atoms. The van der Waals surface area contributed by atoms with Gasteiger partial charge in [-0.15, -0.1) is 0 Å². The third kappa shape index (κ3) is 2.47. The average molecular weight is 278 g/mol. The largest absolute Gasteiger partial charge is 0.323 e. The number of aryl methyl sites for hydroxylation is 3. The van der Waals surface area contributed by atoms with Gasteiger partial charge in [-0.05, 0) is 55.7 Å². The van der Waals surface area contributed by atoms with Gasteiger partial charge in [-0.25, -0.2) is 4.98 Å². The maximum atomic E-state index is 12.6. The summed E-state index contributed by atoms with van der Waals surface area (Å²) in [4.78, 5) is 16.9. The van der Waals surface area contributed by atoms with E-state index < -0.39 is 0 Å². The van der Waals surface area contributed by atoms with Gasteiger partial charge in [0.1, 0.15) is 0 Å². The van der Waals surface area contributed by atoms with Crippen LogP contribution >= 0.6 is 0 Å². The topological polar surface area (TPSA) is 34.9 Å². The molecule has 0 aliphatic heterocycles. The van der Waals surface area contributed by atoms with Crippen LogP contribution in [0.5, 0.6) is 0 Å². The van der Waals surface area contributed by atoms with Gasteiger partial charge in [-0.1, -0.05) is 18.2 Å². The molecule has 0 radical (unpaired) electrons. The predicted molar refractivity (Wildman–Crippen MR) is 84.7 cm³/mol. The molecular formula is C18H18N2O. The van der Waals surface area contributed by atoms with Gasteiger partial charge in [0.25, 0.3) is 0 Å². The fourth-order valence-corrected chi connectivity index (χ4v) is 2.64. The number of Topliss-reactive ketones (excluding diaryl/α,β-unsaturated/α-hetero) is 1. The van der Waals surface area contributed by atoms with Crippen LogP contribution in [0, 0.1) is 20.8 Å². The molecule has 0 atom stereocenters. The van der Waals surface area contributed by atoms with E-state index in [4.69, 9.17) is 0 Å². The lowest BCUT2D eigenvalue weighted by Crippen LogP contribution is -2.11. The Labute approximate surface area is 124 Å². The third-order valence-corrected chi connectivity index (χ3v) is 3.98. The molecule has 0 amide bonds. The van der Waals surface area contributed by atoms with Crippen molar-refractivity contribution in [2.45, 2.75) is 27.3 Å². The zero-order valence-corrected chi connectivity index (χ0v) is 12.6. The SMILES string of the molecule is Cc1cc(C)c(C(=O)Cn2cnc3ccccc32)cc1C.